The van der Waals surface area contributed by atoms with Crippen molar-refractivity contribution in [3.63, 3.8) is 0 Å². The van der Waals surface area contributed by atoms with E-state index < -0.39 is 16.1 Å². The fourth-order valence-corrected chi connectivity index (χ4v) is 2.42. The minimum absolute atomic E-state index is 0.0798. The molecule has 0 fully saturated rings. The summed E-state index contributed by atoms with van der Waals surface area (Å²) >= 11 is 0. The van der Waals surface area contributed by atoms with Crippen LogP contribution < -0.4 is 21.1 Å². The summed E-state index contributed by atoms with van der Waals surface area (Å²) in [6, 6.07) is 3.86. The molecule has 0 spiro atoms. The molecule has 118 valence electrons. The third-order valence-electron chi connectivity index (χ3n) is 2.92. The maximum absolute atomic E-state index is 11.8. The highest BCUT2D eigenvalue weighted by atomic mass is 32.2. The van der Waals surface area contributed by atoms with Gasteiger partial charge in [0, 0.05) is 6.54 Å². The molecule has 0 aromatic heterocycles. The van der Waals surface area contributed by atoms with Gasteiger partial charge < -0.3 is 16.4 Å². The Labute approximate surface area is 125 Å². The first kappa shape index (κ1) is 17.3. The van der Waals surface area contributed by atoms with Crippen molar-refractivity contribution in [1.29, 1.82) is 0 Å². The quantitative estimate of drug-likeness (QED) is 0.547. The van der Waals surface area contributed by atoms with Crippen LogP contribution >= 0.6 is 0 Å². The number of nitrogens with one attached hydrogen (secondary N) is 3. The van der Waals surface area contributed by atoms with Crippen LogP contribution in [0.15, 0.2) is 23.1 Å². The van der Waals surface area contributed by atoms with E-state index in [1.54, 1.807) is 13.0 Å². The third kappa shape index (κ3) is 4.61. The lowest BCUT2D eigenvalue weighted by Crippen LogP contribution is -2.38. The summed E-state index contributed by atoms with van der Waals surface area (Å²) in [5, 5.41) is 5.73. The van der Waals surface area contributed by atoms with Crippen molar-refractivity contribution < 1.29 is 13.2 Å². The maximum Gasteiger partial charge on any atom is 0.242 e. The van der Waals surface area contributed by atoms with Crippen LogP contribution in [0.25, 0.3) is 0 Å². The lowest BCUT2D eigenvalue weighted by Gasteiger charge is -2.17. The Morgan fingerprint density at radius 3 is 2.57 bits per heavy atom. The maximum atomic E-state index is 11.8. The summed E-state index contributed by atoms with van der Waals surface area (Å²) in [6.07, 6.45) is 0.858. The standard InChI is InChI=1S/C13H22N4O3S/c1-4-7-16-13(18)9(2)17-12-6-5-10(8-11(12)14)21(19,20)15-3/h5-6,8-9,15,17H,4,7,14H2,1-3H3,(H,16,18). The highest BCUT2D eigenvalue weighted by molar-refractivity contribution is 7.89. The van der Waals surface area contributed by atoms with E-state index in [0.29, 0.717) is 12.2 Å². The van der Waals surface area contributed by atoms with Crippen LogP contribution in [0.2, 0.25) is 0 Å². The fraction of sp³-hybridized carbons (Fsp3) is 0.462. The minimum atomic E-state index is -3.53. The average molecular weight is 314 g/mol. The van der Waals surface area contributed by atoms with Crippen LogP contribution in [-0.2, 0) is 14.8 Å². The van der Waals surface area contributed by atoms with E-state index in [1.807, 2.05) is 6.92 Å². The normalized spacial score (nSPS) is 12.7. The number of sulfonamides is 1. The number of hydrogen-bond acceptors (Lipinski definition) is 5. The highest BCUT2D eigenvalue weighted by Gasteiger charge is 2.16. The van der Waals surface area contributed by atoms with E-state index in [4.69, 9.17) is 5.73 Å². The number of carbonyl (C=O) groups excluding carboxylic acids is 1. The molecule has 21 heavy (non-hydrogen) atoms. The van der Waals surface area contributed by atoms with Crippen LogP contribution in [0.3, 0.4) is 0 Å². The molecule has 1 rings (SSSR count). The molecule has 0 saturated heterocycles. The van der Waals surface area contributed by atoms with Crippen LogP contribution in [0.4, 0.5) is 11.4 Å². The molecule has 0 aliphatic rings. The van der Waals surface area contributed by atoms with Crippen molar-refractivity contribution >= 4 is 27.3 Å². The Morgan fingerprint density at radius 2 is 2.05 bits per heavy atom. The zero-order valence-electron chi connectivity index (χ0n) is 12.4. The Bertz CT molecular complexity index is 601. The Hall–Kier alpha value is -1.80. The van der Waals surface area contributed by atoms with Crippen molar-refractivity contribution in [2.45, 2.75) is 31.2 Å². The Morgan fingerprint density at radius 1 is 1.38 bits per heavy atom. The van der Waals surface area contributed by atoms with Gasteiger partial charge in [-0.15, -0.1) is 0 Å². The second-order valence-electron chi connectivity index (χ2n) is 4.61. The van der Waals surface area contributed by atoms with Crippen molar-refractivity contribution in [2.24, 2.45) is 0 Å². The number of hydrogen-bond donors (Lipinski definition) is 4. The smallest absolute Gasteiger partial charge is 0.242 e. The molecule has 8 heteroatoms. The first-order valence-corrected chi connectivity index (χ1v) is 8.17. The van der Waals surface area contributed by atoms with Gasteiger partial charge in [-0.2, -0.15) is 0 Å². The molecule has 7 nitrogen and oxygen atoms in total. The van der Waals surface area contributed by atoms with Gasteiger partial charge in [-0.25, -0.2) is 13.1 Å². The molecule has 1 amide bonds. The second kappa shape index (κ2) is 7.28. The van der Waals surface area contributed by atoms with Gasteiger partial charge in [0.25, 0.3) is 0 Å². The summed E-state index contributed by atoms with van der Waals surface area (Å²) < 4.78 is 25.5. The summed E-state index contributed by atoms with van der Waals surface area (Å²) in [5.74, 6) is -0.136. The molecule has 1 unspecified atom stereocenters. The van der Waals surface area contributed by atoms with Gasteiger partial charge in [-0.1, -0.05) is 6.92 Å². The van der Waals surface area contributed by atoms with Crippen molar-refractivity contribution in [2.75, 3.05) is 24.6 Å². The first-order chi connectivity index (χ1) is 9.81. The van der Waals surface area contributed by atoms with Crippen LogP contribution in [0, 0.1) is 0 Å². The zero-order chi connectivity index (χ0) is 16.0. The summed E-state index contributed by atoms with van der Waals surface area (Å²) in [4.78, 5) is 11.8. The average Bonchev–Trinajstić information content (AvgIpc) is 2.46. The monoisotopic (exact) mass is 314 g/mol. The lowest BCUT2D eigenvalue weighted by molar-refractivity contribution is -0.121. The number of nitrogen functional groups attached to an aromatic ring is 1. The number of rotatable bonds is 7. The second-order valence-corrected chi connectivity index (χ2v) is 6.50. The molecular formula is C13H22N4O3S. The lowest BCUT2D eigenvalue weighted by atomic mass is 10.2. The van der Waals surface area contributed by atoms with Gasteiger partial charge in [0.15, 0.2) is 0 Å². The minimum Gasteiger partial charge on any atom is -0.397 e. The molecule has 1 atom stereocenters. The van der Waals surface area contributed by atoms with Crippen molar-refractivity contribution in [3.05, 3.63) is 18.2 Å². The van der Waals surface area contributed by atoms with Gasteiger partial charge in [0.2, 0.25) is 15.9 Å². The fourth-order valence-electron chi connectivity index (χ4n) is 1.66. The molecule has 0 radical (unpaired) electrons. The Balaban J connectivity index is 2.84. The third-order valence-corrected chi connectivity index (χ3v) is 4.33. The molecule has 1 aromatic rings. The molecule has 1 aromatic carbocycles. The molecule has 0 bridgehead atoms. The summed E-state index contributed by atoms with van der Waals surface area (Å²) in [5.41, 5.74) is 6.62. The SMILES string of the molecule is CCCNC(=O)C(C)Nc1ccc(S(=O)(=O)NC)cc1N. The molecule has 0 saturated carbocycles. The number of amides is 1. The largest absolute Gasteiger partial charge is 0.397 e. The van der Waals surface area contributed by atoms with E-state index >= 15 is 0 Å². The number of anilines is 2. The number of nitrogens with two attached hydrogens (primary N) is 1. The van der Waals surface area contributed by atoms with Crippen LogP contribution in [0.1, 0.15) is 20.3 Å². The highest BCUT2D eigenvalue weighted by Crippen LogP contribution is 2.23. The van der Waals surface area contributed by atoms with Crippen LogP contribution in [0.5, 0.6) is 0 Å². The van der Waals surface area contributed by atoms with E-state index in [1.165, 1.54) is 19.2 Å². The van der Waals surface area contributed by atoms with E-state index in [-0.39, 0.29) is 16.5 Å². The van der Waals surface area contributed by atoms with E-state index in [2.05, 4.69) is 15.4 Å². The molecule has 0 heterocycles. The van der Waals surface area contributed by atoms with Gasteiger partial charge in [-0.05, 0) is 38.6 Å². The predicted octanol–water partition coefficient (Wildman–Crippen LogP) is 0.504. The molecular weight excluding hydrogens is 292 g/mol. The molecule has 0 aliphatic heterocycles. The van der Waals surface area contributed by atoms with Crippen LogP contribution in [-0.4, -0.2) is 34.0 Å². The topological polar surface area (TPSA) is 113 Å². The van der Waals surface area contributed by atoms with Crippen molar-refractivity contribution in [1.82, 2.24) is 10.0 Å². The number of benzene rings is 1. The van der Waals surface area contributed by atoms with Gasteiger partial charge >= 0.3 is 0 Å². The van der Waals surface area contributed by atoms with Gasteiger partial charge in [-0.3, -0.25) is 4.79 Å². The van der Waals surface area contributed by atoms with Crippen molar-refractivity contribution in [3.8, 4) is 0 Å². The zero-order valence-corrected chi connectivity index (χ0v) is 13.3. The molecule has 5 N–H and O–H groups in total. The first-order valence-electron chi connectivity index (χ1n) is 6.69. The van der Waals surface area contributed by atoms with Gasteiger partial charge in [0.1, 0.15) is 6.04 Å². The van der Waals surface area contributed by atoms with Gasteiger partial charge in [0.05, 0.1) is 16.3 Å². The van der Waals surface area contributed by atoms with E-state index in [9.17, 15) is 13.2 Å². The number of carbonyl (C=O) groups is 1. The van der Waals surface area contributed by atoms with E-state index in [0.717, 1.165) is 6.42 Å². The summed E-state index contributed by atoms with van der Waals surface area (Å²) in [6.45, 7) is 4.29. The summed E-state index contributed by atoms with van der Waals surface area (Å²) in [7, 11) is -2.20. The Kier molecular flexibility index (Phi) is 5.98. The molecule has 0 aliphatic carbocycles. The predicted molar refractivity (Wildman–Crippen MR) is 83.5 cm³/mol.